The first kappa shape index (κ1) is 16.7. The molecular formula is C17H25N5O2. The van der Waals surface area contributed by atoms with Crippen LogP contribution >= 0.6 is 0 Å². The van der Waals surface area contributed by atoms with E-state index in [-0.39, 0.29) is 12.5 Å². The third kappa shape index (κ3) is 3.21. The van der Waals surface area contributed by atoms with Crippen LogP contribution in [0, 0.1) is 0 Å². The number of amides is 1. The van der Waals surface area contributed by atoms with E-state index in [1.807, 2.05) is 29.5 Å². The number of hydrogen-bond donors (Lipinski definition) is 1. The van der Waals surface area contributed by atoms with Crippen LogP contribution in [-0.2, 0) is 33.0 Å². The lowest BCUT2D eigenvalue weighted by atomic mass is 9.95. The monoisotopic (exact) mass is 331 g/mol. The van der Waals surface area contributed by atoms with Gasteiger partial charge < -0.3 is 10.0 Å². The van der Waals surface area contributed by atoms with Crippen molar-refractivity contribution in [2.24, 2.45) is 7.05 Å². The molecule has 2 heterocycles. The predicted molar refractivity (Wildman–Crippen MR) is 89.6 cm³/mol. The molecule has 0 radical (unpaired) electrons. The fraction of sp³-hybridized carbons (Fsp3) is 0.588. The minimum Gasteiger partial charge on any atom is -0.395 e. The molecule has 0 saturated heterocycles. The molecule has 2 aromatic rings. The molecule has 130 valence electrons. The third-order valence-electron chi connectivity index (χ3n) is 4.61. The maximum absolute atomic E-state index is 13.0. The van der Waals surface area contributed by atoms with Crippen LogP contribution in [0.3, 0.4) is 0 Å². The van der Waals surface area contributed by atoms with Gasteiger partial charge in [0.15, 0.2) is 5.69 Å². The molecule has 2 aromatic heterocycles. The van der Waals surface area contributed by atoms with Crippen molar-refractivity contribution in [1.82, 2.24) is 24.5 Å². The van der Waals surface area contributed by atoms with Crippen molar-refractivity contribution in [3.8, 4) is 0 Å². The molecule has 0 fully saturated rings. The third-order valence-corrected chi connectivity index (χ3v) is 4.61. The highest BCUT2D eigenvalue weighted by atomic mass is 16.3. The quantitative estimate of drug-likeness (QED) is 0.861. The highest BCUT2D eigenvalue weighted by molar-refractivity contribution is 5.94. The van der Waals surface area contributed by atoms with Gasteiger partial charge in [-0.3, -0.25) is 14.2 Å². The Bertz CT molecular complexity index is 719. The first-order chi connectivity index (χ1) is 11.6. The van der Waals surface area contributed by atoms with Gasteiger partial charge in [-0.1, -0.05) is 0 Å². The van der Waals surface area contributed by atoms with Gasteiger partial charge >= 0.3 is 0 Å². The van der Waals surface area contributed by atoms with Crippen LogP contribution in [-0.4, -0.2) is 48.6 Å². The fourth-order valence-electron chi connectivity index (χ4n) is 3.35. The summed E-state index contributed by atoms with van der Waals surface area (Å²) in [5.41, 5.74) is 3.76. The van der Waals surface area contributed by atoms with Crippen molar-refractivity contribution in [3.05, 3.63) is 34.9 Å². The summed E-state index contributed by atoms with van der Waals surface area (Å²) in [6.45, 7) is 3.48. The largest absolute Gasteiger partial charge is 0.395 e. The van der Waals surface area contributed by atoms with Crippen molar-refractivity contribution in [3.63, 3.8) is 0 Å². The molecule has 1 N–H and O–H groups in total. The Hall–Kier alpha value is -2.15. The van der Waals surface area contributed by atoms with E-state index in [2.05, 4.69) is 10.2 Å². The highest BCUT2D eigenvalue weighted by Crippen LogP contribution is 2.25. The summed E-state index contributed by atoms with van der Waals surface area (Å²) in [4.78, 5) is 14.7. The zero-order valence-corrected chi connectivity index (χ0v) is 14.4. The Labute approximate surface area is 141 Å². The van der Waals surface area contributed by atoms with Gasteiger partial charge in [-0.2, -0.15) is 10.2 Å². The Morgan fingerprint density at radius 3 is 2.88 bits per heavy atom. The van der Waals surface area contributed by atoms with Crippen LogP contribution in [0.4, 0.5) is 0 Å². The second kappa shape index (κ2) is 7.17. The van der Waals surface area contributed by atoms with Gasteiger partial charge in [0, 0.05) is 49.7 Å². The average molecular weight is 331 g/mol. The Morgan fingerprint density at radius 1 is 1.38 bits per heavy atom. The molecule has 0 bridgehead atoms. The van der Waals surface area contributed by atoms with E-state index in [1.165, 1.54) is 5.69 Å². The number of carbonyl (C=O) groups excluding carboxylic acids is 1. The lowest BCUT2D eigenvalue weighted by Crippen LogP contribution is -2.34. The summed E-state index contributed by atoms with van der Waals surface area (Å²) in [6.07, 6.45) is 7.85. The van der Waals surface area contributed by atoms with E-state index in [4.69, 9.17) is 0 Å². The summed E-state index contributed by atoms with van der Waals surface area (Å²) < 4.78 is 3.67. The topological polar surface area (TPSA) is 76.2 Å². The molecule has 24 heavy (non-hydrogen) atoms. The zero-order valence-electron chi connectivity index (χ0n) is 14.4. The van der Waals surface area contributed by atoms with Gasteiger partial charge in [0.1, 0.15) is 0 Å². The van der Waals surface area contributed by atoms with Gasteiger partial charge in [0.2, 0.25) is 0 Å². The van der Waals surface area contributed by atoms with Gasteiger partial charge in [-0.05, 0) is 32.6 Å². The molecule has 1 aliphatic rings. The molecule has 3 rings (SSSR count). The van der Waals surface area contributed by atoms with Gasteiger partial charge in [-0.15, -0.1) is 0 Å². The fourth-order valence-corrected chi connectivity index (χ4v) is 3.35. The van der Waals surface area contributed by atoms with Crippen LogP contribution < -0.4 is 0 Å². The number of fused-ring (bicyclic) bond motifs is 1. The van der Waals surface area contributed by atoms with Crippen molar-refractivity contribution in [1.29, 1.82) is 0 Å². The van der Waals surface area contributed by atoms with Crippen LogP contribution in [0.25, 0.3) is 0 Å². The number of aryl methyl sites for hydroxylation is 2. The Morgan fingerprint density at radius 2 is 2.17 bits per heavy atom. The Kier molecular flexibility index (Phi) is 4.99. The number of rotatable bonds is 6. The summed E-state index contributed by atoms with van der Waals surface area (Å²) in [5, 5.41) is 18.1. The normalized spacial score (nSPS) is 13.8. The first-order valence-electron chi connectivity index (χ1n) is 8.60. The van der Waals surface area contributed by atoms with Crippen LogP contribution in [0.15, 0.2) is 12.4 Å². The van der Waals surface area contributed by atoms with Crippen LogP contribution in [0.5, 0.6) is 0 Å². The molecule has 0 unspecified atom stereocenters. The number of aliphatic hydroxyl groups excluding tert-OH is 1. The molecule has 0 atom stereocenters. The smallest absolute Gasteiger partial charge is 0.275 e. The van der Waals surface area contributed by atoms with E-state index in [1.54, 1.807) is 11.1 Å². The van der Waals surface area contributed by atoms with E-state index >= 15 is 0 Å². The summed E-state index contributed by atoms with van der Waals surface area (Å²) >= 11 is 0. The first-order valence-corrected chi connectivity index (χ1v) is 8.60. The van der Waals surface area contributed by atoms with E-state index in [9.17, 15) is 9.90 Å². The van der Waals surface area contributed by atoms with Crippen molar-refractivity contribution in [2.45, 2.75) is 45.7 Å². The summed E-state index contributed by atoms with van der Waals surface area (Å²) in [5.74, 6) is -0.105. The van der Waals surface area contributed by atoms with E-state index in [0.717, 1.165) is 43.4 Å². The molecule has 1 amide bonds. The number of carbonyl (C=O) groups is 1. The number of hydrogen-bond acceptors (Lipinski definition) is 4. The van der Waals surface area contributed by atoms with E-state index < -0.39 is 0 Å². The summed E-state index contributed by atoms with van der Waals surface area (Å²) in [7, 11) is 1.91. The molecule has 0 saturated carbocycles. The molecule has 1 aliphatic carbocycles. The minimum absolute atomic E-state index is 0.0668. The SMILES string of the molecule is CCn1cc(CN(CCO)C(=O)c2nn(C)c3c2CCCC3)cn1. The van der Waals surface area contributed by atoms with Crippen molar-refractivity contribution < 1.29 is 9.90 Å². The second-order valence-electron chi connectivity index (χ2n) is 6.26. The van der Waals surface area contributed by atoms with Crippen molar-refractivity contribution in [2.75, 3.05) is 13.2 Å². The lowest BCUT2D eigenvalue weighted by molar-refractivity contribution is 0.0700. The summed E-state index contributed by atoms with van der Waals surface area (Å²) in [6, 6.07) is 0. The Balaban J connectivity index is 1.84. The number of aliphatic hydroxyl groups is 1. The molecule has 0 aromatic carbocycles. The van der Waals surface area contributed by atoms with Gasteiger partial charge in [0.25, 0.3) is 5.91 Å². The average Bonchev–Trinajstić information content (AvgIpc) is 3.19. The molecule has 7 heteroatoms. The molecule has 0 aliphatic heterocycles. The standard InChI is InChI=1S/C17H25N5O2/c1-3-22-12-13(10-18-22)11-21(8-9-23)17(24)16-14-6-4-5-7-15(14)20(2)19-16/h10,12,23H,3-9,11H2,1-2H3. The molecule has 7 nitrogen and oxygen atoms in total. The zero-order chi connectivity index (χ0) is 17.1. The van der Waals surface area contributed by atoms with Crippen LogP contribution in [0.2, 0.25) is 0 Å². The second-order valence-corrected chi connectivity index (χ2v) is 6.26. The molecular weight excluding hydrogens is 306 g/mol. The van der Waals surface area contributed by atoms with Crippen molar-refractivity contribution >= 4 is 5.91 Å². The number of aromatic nitrogens is 4. The molecule has 0 spiro atoms. The minimum atomic E-state index is -0.105. The van der Waals surface area contributed by atoms with Crippen LogP contribution in [0.1, 0.15) is 47.1 Å². The lowest BCUT2D eigenvalue weighted by Gasteiger charge is -2.21. The van der Waals surface area contributed by atoms with Gasteiger partial charge in [0.05, 0.1) is 12.8 Å². The van der Waals surface area contributed by atoms with Gasteiger partial charge in [-0.25, -0.2) is 0 Å². The maximum atomic E-state index is 13.0. The maximum Gasteiger partial charge on any atom is 0.275 e. The number of nitrogens with zero attached hydrogens (tertiary/aromatic N) is 5. The highest BCUT2D eigenvalue weighted by Gasteiger charge is 2.27. The predicted octanol–water partition coefficient (Wildman–Crippen LogP) is 1.15. The van der Waals surface area contributed by atoms with E-state index in [0.29, 0.717) is 18.8 Å².